The van der Waals surface area contributed by atoms with Gasteiger partial charge in [-0.05, 0) is 30.7 Å². The molecule has 10 heteroatoms. The number of aryl methyl sites for hydroxylation is 1. The summed E-state index contributed by atoms with van der Waals surface area (Å²) in [6.07, 6.45) is -3.14. The summed E-state index contributed by atoms with van der Waals surface area (Å²) >= 11 is 0. The Bertz CT molecular complexity index is 980. The van der Waals surface area contributed by atoms with Crippen molar-refractivity contribution in [3.8, 4) is 0 Å². The number of halogens is 3. The zero-order chi connectivity index (χ0) is 22.0. The summed E-state index contributed by atoms with van der Waals surface area (Å²) in [5, 5.41) is 2.62. The first-order chi connectivity index (χ1) is 13.4. The molecule has 160 valence electrons. The van der Waals surface area contributed by atoms with Crippen LogP contribution in [0.3, 0.4) is 0 Å². The third kappa shape index (κ3) is 4.99. The molecule has 1 amide bonds. The number of nitrogens with one attached hydrogen (secondary N) is 1. The molecule has 1 aromatic carbocycles. The molecule has 29 heavy (non-hydrogen) atoms. The Morgan fingerprint density at radius 2 is 1.83 bits per heavy atom. The van der Waals surface area contributed by atoms with Gasteiger partial charge in [-0.15, -0.1) is 0 Å². The number of aromatic nitrogens is 1. The topological polar surface area (TPSA) is 71.4 Å². The molecule has 0 saturated carbocycles. The number of amides is 1. The number of carbonyl (C=O) groups excluding carboxylic acids is 1. The average Bonchev–Trinajstić information content (AvgIpc) is 3.04. The second-order valence-electron chi connectivity index (χ2n) is 6.58. The predicted octanol–water partition coefficient (Wildman–Crippen LogP) is 3.57. The Kier molecular flexibility index (Phi) is 6.79. The normalized spacial score (nSPS) is 13.5. The van der Waals surface area contributed by atoms with Gasteiger partial charge >= 0.3 is 6.18 Å². The maximum atomic E-state index is 12.9. The molecule has 6 nitrogen and oxygen atoms in total. The van der Waals surface area contributed by atoms with E-state index in [-0.39, 0.29) is 10.6 Å². The van der Waals surface area contributed by atoms with Crippen LogP contribution >= 0.6 is 0 Å². The van der Waals surface area contributed by atoms with Gasteiger partial charge in [0.05, 0.1) is 11.6 Å². The molecule has 1 atom stereocenters. The van der Waals surface area contributed by atoms with Gasteiger partial charge in [-0.3, -0.25) is 4.79 Å². The first-order valence-electron chi connectivity index (χ1n) is 9.06. The molecule has 2 rings (SSSR count). The number of benzene rings is 1. The number of alkyl halides is 3. The van der Waals surface area contributed by atoms with E-state index in [1.54, 1.807) is 20.8 Å². The Morgan fingerprint density at radius 1 is 1.21 bits per heavy atom. The molecule has 2 aromatic rings. The van der Waals surface area contributed by atoms with Crippen molar-refractivity contribution in [3.05, 3.63) is 53.3 Å². The molecule has 0 aliphatic rings. The molecule has 0 radical (unpaired) electrons. The molecular weight excluding hydrogens is 407 g/mol. The zero-order valence-corrected chi connectivity index (χ0v) is 17.4. The van der Waals surface area contributed by atoms with Gasteiger partial charge in [-0.2, -0.15) is 17.5 Å². The van der Waals surface area contributed by atoms with Crippen LogP contribution in [0.25, 0.3) is 0 Å². The second kappa shape index (κ2) is 8.58. The average molecular weight is 431 g/mol. The quantitative estimate of drug-likeness (QED) is 0.729. The highest BCUT2D eigenvalue weighted by atomic mass is 32.2. The van der Waals surface area contributed by atoms with Crippen LogP contribution in [-0.4, -0.2) is 36.3 Å². The second-order valence-corrected chi connectivity index (χ2v) is 8.52. The molecule has 0 spiro atoms. The summed E-state index contributed by atoms with van der Waals surface area (Å²) in [7, 11) is -2.20. The number of sulfonamides is 1. The summed E-state index contributed by atoms with van der Waals surface area (Å²) in [5.74, 6) is -0.585. The van der Waals surface area contributed by atoms with Crippen molar-refractivity contribution in [2.75, 3.05) is 13.1 Å². The lowest BCUT2D eigenvalue weighted by Crippen LogP contribution is -2.30. The molecule has 0 fully saturated rings. The van der Waals surface area contributed by atoms with Gasteiger partial charge < -0.3 is 9.88 Å². The molecule has 1 aromatic heterocycles. The smallest absolute Gasteiger partial charge is 0.345 e. The van der Waals surface area contributed by atoms with Gasteiger partial charge in [-0.25, -0.2) is 8.42 Å². The van der Waals surface area contributed by atoms with Crippen molar-refractivity contribution in [1.29, 1.82) is 0 Å². The number of hydrogen-bond donors (Lipinski definition) is 1. The maximum absolute atomic E-state index is 12.9. The monoisotopic (exact) mass is 431 g/mol. The van der Waals surface area contributed by atoms with Crippen molar-refractivity contribution < 1.29 is 26.4 Å². The Balaban J connectivity index is 2.25. The van der Waals surface area contributed by atoms with Crippen LogP contribution in [-0.2, 0) is 23.2 Å². The lowest BCUT2D eigenvalue weighted by molar-refractivity contribution is -0.137. The SMILES string of the molecule is CCN(CC)S(=O)(=O)c1cc(C(=O)N[C@H](C)c2cccc(C(F)(F)F)c2)n(C)c1. The van der Waals surface area contributed by atoms with Crippen LogP contribution in [0.2, 0.25) is 0 Å². The first kappa shape index (κ1) is 23.0. The largest absolute Gasteiger partial charge is 0.416 e. The van der Waals surface area contributed by atoms with E-state index in [2.05, 4.69) is 5.32 Å². The standard InChI is InChI=1S/C19H24F3N3O3S/c1-5-25(6-2)29(27,28)16-11-17(24(4)12-16)18(26)23-13(3)14-8-7-9-15(10-14)19(20,21)22/h7-13H,5-6H2,1-4H3,(H,23,26)/t13-/m1/s1. The van der Waals surface area contributed by atoms with Crippen LogP contribution in [0, 0.1) is 0 Å². The highest BCUT2D eigenvalue weighted by Crippen LogP contribution is 2.30. The van der Waals surface area contributed by atoms with E-state index < -0.39 is 33.7 Å². The van der Waals surface area contributed by atoms with Gasteiger partial charge in [0.2, 0.25) is 10.0 Å². The van der Waals surface area contributed by atoms with Crippen molar-refractivity contribution in [2.24, 2.45) is 7.05 Å². The zero-order valence-electron chi connectivity index (χ0n) is 16.6. The number of hydrogen-bond acceptors (Lipinski definition) is 3. The van der Waals surface area contributed by atoms with Gasteiger partial charge in [0, 0.05) is 26.3 Å². The van der Waals surface area contributed by atoms with Crippen LogP contribution in [0.15, 0.2) is 41.4 Å². The molecule has 0 saturated heterocycles. The van der Waals surface area contributed by atoms with Gasteiger partial charge in [0.25, 0.3) is 5.91 Å². The summed E-state index contributed by atoms with van der Waals surface area (Å²) in [6.45, 7) is 5.58. The summed E-state index contributed by atoms with van der Waals surface area (Å²) in [4.78, 5) is 12.6. The fourth-order valence-electron chi connectivity index (χ4n) is 2.95. The highest BCUT2D eigenvalue weighted by Gasteiger charge is 2.31. The van der Waals surface area contributed by atoms with E-state index in [1.165, 1.54) is 40.3 Å². The van der Waals surface area contributed by atoms with E-state index in [0.29, 0.717) is 18.7 Å². The molecule has 0 bridgehead atoms. The summed E-state index contributed by atoms with van der Waals surface area (Å²) in [5.41, 5.74) is -0.421. The van der Waals surface area contributed by atoms with Crippen LogP contribution in [0.4, 0.5) is 13.2 Å². The predicted molar refractivity (Wildman–Crippen MR) is 103 cm³/mol. The molecular formula is C19H24F3N3O3S. The van der Waals surface area contributed by atoms with Crippen molar-refractivity contribution in [1.82, 2.24) is 14.2 Å². The molecule has 0 unspecified atom stereocenters. The van der Waals surface area contributed by atoms with Crippen molar-refractivity contribution >= 4 is 15.9 Å². The molecule has 1 heterocycles. The number of nitrogens with zero attached hydrogens (tertiary/aromatic N) is 2. The maximum Gasteiger partial charge on any atom is 0.416 e. The van der Waals surface area contributed by atoms with E-state index in [1.807, 2.05) is 0 Å². The minimum atomic E-state index is -4.48. The lowest BCUT2D eigenvalue weighted by atomic mass is 10.0. The van der Waals surface area contributed by atoms with Gasteiger partial charge in [0.15, 0.2) is 0 Å². The van der Waals surface area contributed by atoms with E-state index in [0.717, 1.165) is 12.1 Å². The first-order valence-corrected chi connectivity index (χ1v) is 10.5. The van der Waals surface area contributed by atoms with Crippen LogP contribution in [0.1, 0.15) is 48.4 Å². The van der Waals surface area contributed by atoms with E-state index in [4.69, 9.17) is 0 Å². The third-order valence-corrected chi connectivity index (χ3v) is 6.63. The third-order valence-electron chi connectivity index (χ3n) is 4.62. The van der Waals surface area contributed by atoms with Crippen molar-refractivity contribution in [3.63, 3.8) is 0 Å². The highest BCUT2D eigenvalue weighted by molar-refractivity contribution is 7.89. The summed E-state index contributed by atoms with van der Waals surface area (Å²) in [6, 6.07) is 5.26. The van der Waals surface area contributed by atoms with Gasteiger partial charge in [-0.1, -0.05) is 26.0 Å². The Hall–Kier alpha value is -2.33. The van der Waals surface area contributed by atoms with Crippen LogP contribution in [0.5, 0.6) is 0 Å². The minimum absolute atomic E-state index is 0.0134. The van der Waals surface area contributed by atoms with Gasteiger partial charge in [0.1, 0.15) is 10.6 Å². The fourth-order valence-corrected chi connectivity index (χ4v) is 4.48. The number of rotatable bonds is 7. The Labute approximate surface area is 168 Å². The van der Waals surface area contributed by atoms with Crippen LogP contribution < -0.4 is 5.32 Å². The summed E-state index contributed by atoms with van der Waals surface area (Å²) < 4.78 is 66.6. The molecule has 0 aliphatic heterocycles. The fraction of sp³-hybridized carbons (Fsp3) is 0.421. The number of carbonyl (C=O) groups is 1. The minimum Gasteiger partial charge on any atom is -0.345 e. The van der Waals surface area contributed by atoms with E-state index >= 15 is 0 Å². The van der Waals surface area contributed by atoms with Crippen molar-refractivity contribution in [2.45, 2.75) is 37.9 Å². The molecule has 0 aliphatic carbocycles. The Morgan fingerprint density at radius 3 is 2.38 bits per heavy atom. The van der Waals surface area contributed by atoms with E-state index in [9.17, 15) is 26.4 Å². The lowest BCUT2D eigenvalue weighted by Gasteiger charge is -2.17. The molecule has 1 N–H and O–H groups in total.